The maximum absolute atomic E-state index is 13.8. The van der Waals surface area contributed by atoms with Crippen molar-refractivity contribution in [3.63, 3.8) is 0 Å². The van der Waals surface area contributed by atoms with Gasteiger partial charge in [-0.1, -0.05) is 60.7 Å². The van der Waals surface area contributed by atoms with Crippen LogP contribution in [0.4, 0.5) is 11.5 Å². The third kappa shape index (κ3) is 5.03. The summed E-state index contributed by atoms with van der Waals surface area (Å²) in [5.74, 6) is -1.21. The molecule has 1 aliphatic rings. The molecule has 0 aliphatic carbocycles. The SMILES string of the molecule is CC(C)N1CC(C(=O)N(Cc2ccccc2)c2c(N)n(Cc3ccccc3)c(=O)[nH]c2=O)CC1=O. The summed E-state index contributed by atoms with van der Waals surface area (Å²) in [4.78, 5) is 57.3. The van der Waals surface area contributed by atoms with Crippen LogP contribution in [0.3, 0.4) is 0 Å². The number of anilines is 2. The highest BCUT2D eigenvalue weighted by molar-refractivity contribution is 6.00. The van der Waals surface area contributed by atoms with Crippen LogP contribution in [0.5, 0.6) is 0 Å². The van der Waals surface area contributed by atoms with Crippen molar-refractivity contribution < 1.29 is 9.59 Å². The van der Waals surface area contributed by atoms with Crippen molar-refractivity contribution in [2.24, 2.45) is 5.92 Å². The van der Waals surface area contributed by atoms with Gasteiger partial charge in [-0.25, -0.2) is 4.79 Å². The molecule has 9 nitrogen and oxygen atoms in total. The Kier molecular flexibility index (Phi) is 6.86. The zero-order valence-electron chi connectivity index (χ0n) is 19.8. The molecule has 1 unspecified atom stereocenters. The van der Waals surface area contributed by atoms with Gasteiger partial charge >= 0.3 is 5.69 Å². The average Bonchev–Trinajstić information content (AvgIpc) is 3.24. The quantitative estimate of drug-likeness (QED) is 0.541. The van der Waals surface area contributed by atoms with E-state index in [2.05, 4.69) is 4.98 Å². The molecule has 182 valence electrons. The predicted octanol–water partition coefficient (Wildman–Crippen LogP) is 1.96. The molecule has 2 heterocycles. The van der Waals surface area contributed by atoms with Gasteiger partial charge in [0.05, 0.1) is 19.0 Å². The largest absolute Gasteiger partial charge is 0.383 e. The van der Waals surface area contributed by atoms with Crippen molar-refractivity contribution in [1.82, 2.24) is 14.5 Å². The van der Waals surface area contributed by atoms with Gasteiger partial charge in [0, 0.05) is 19.0 Å². The van der Waals surface area contributed by atoms with Gasteiger partial charge in [0.1, 0.15) is 5.82 Å². The van der Waals surface area contributed by atoms with E-state index in [1.165, 1.54) is 9.47 Å². The zero-order valence-corrected chi connectivity index (χ0v) is 19.8. The van der Waals surface area contributed by atoms with Gasteiger partial charge in [-0.3, -0.25) is 28.8 Å². The Morgan fingerprint density at radius 2 is 1.63 bits per heavy atom. The number of rotatable bonds is 7. The Labute approximate surface area is 202 Å². The number of carbonyl (C=O) groups excluding carboxylic acids is 2. The minimum Gasteiger partial charge on any atom is -0.383 e. The van der Waals surface area contributed by atoms with Gasteiger partial charge in [-0.05, 0) is 25.0 Å². The highest BCUT2D eigenvalue weighted by atomic mass is 16.2. The van der Waals surface area contributed by atoms with Crippen molar-refractivity contribution in [2.45, 2.75) is 39.4 Å². The van der Waals surface area contributed by atoms with Crippen LogP contribution in [0.2, 0.25) is 0 Å². The third-order valence-electron chi connectivity index (χ3n) is 6.25. The highest BCUT2D eigenvalue weighted by Crippen LogP contribution is 2.27. The second kappa shape index (κ2) is 10.0. The van der Waals surface area contributed by atoms with Crippen molar-refractivity contribution in [3.05, 3.63) is 92.6 Å². The number of carbonyl (C=O) groups is 2. The van der Waals surface area contributed by atoms with Crippen LogP contribution in [0.1, 0.15) is 31.4 Å². The van der Waals surface area contributed by atoms with Gasteiger partial charge in [0.2, 0.25) is 11.8 Å². The zero-order chi connectivity index (χ0) is 25.1. The molecule has 1 saturated heterocycles. The molecule has 1 aliphatic heterocycles. The Morgan fingerprint density at radius 3 is 2.20 bits per heavy atom. The molecule has 4 rings (SSSR count). The van der Waals surface area contributed by atoms with E-state index < -0.39 is 17.2 Å². The van der Waals surface area contributed by atoms with E-state index in [9.17, 15) is 19.2 Å². The maximum atomic E-state index is 13.8. The lowest BCUT2D eigenvalue weighted by Gasteiger charge is -2.27. The number of aromatic nitrogens is 2. The first-order valence-electron chi connectivity index (χ1n) is 11.6. The minimum atomic E-state index is -0.744. The number of nitrogens with zero attached hydrogens (tertiary/aromatic N) is 3. The van der Waals surface area contributed by atoms with Gasteiger partial charge in [-0.2, -0.15) is 0 Å². The Morgan fingerprint density at radius 1 is 1.03 bits per heavy atom. The molecular weight excluding hydrogens is 446 g/mol. The smallest absolute Gasteiger partial charge is 0.330 e. The summed E-state index contributed by atoms with van der Waals surface area (Å²) in [5.41, 5.74) is 6.50. The van der Waals surface area contributed by atoms with E-state index in [4.69, 9.17) is 5.73 Å². The Bertz CT molecular complexity index is 1330. The predicted molar refractivity (Wildman–Crippen MR) is 134 cm³/mol. The van der Waals surface area contributed by atoms with Gasteiger partial charge in [-0.15, -0.1) is 0 Å². The monoisotopic (exact) mass is 475 g/mol. The number of H-pyrrole nitrogens is 1. The molecule has 1 atom stereocenters. The number of benzene rings is 2. The number of nitrogens with two attached hydrogens (primary N) is 1. The van der Waals surface area contributed by atoms with Crippen molar-refractivity contribution in [1.29, 1.82) is 0 Å². The standard InChI is InChI=1S/C26H29N5O4/c1-17(2)29-16-20(13-21(29)32)25(34)30(14-18-9-5-3-6-10-18)22-23(27)31(26(35)28-24(22)33)15-19-11-7-4-8-12-19/h3-12,17,20H,13-16,27H2,1-2H3,(H,28,33,35). The molecule has 1 aromatic heterocycles. The number of aromatic amines is 1. The highest BCUT2D eigenvalue weighted by Gasteiger charge is 2.39. The van der Waals surface area contributed by atoms with E-state index >= 15 is 0 Å². The molecular formula is C26H29N5O4. The lowest BCUT2D eigenvalue weighted by atomic mass is 10.1. The van der Waals surface area contributed by atoms with E-state index in [-0.39, 0.29) is 55.4 Å². The van der Waals surface area contributed by atoms with Gasteiger partial charge < -0.3 is 10.6 Å². The van der Waals surface area contributed by atoms with Crippen LogP contribution in [0.15, 0.2) is 70.3 Å². The minimum absolute atomic E-state index is 0.0378. The Balaban J connectivity index is 1.78. The topological polar surface area (TPSA) is 122 Å². The molecule has 0 spiro atoms. The van der Waals surface area contributed by atoms with E-state index in [0.29, 0.717) is 0 Å². The second-order valence-corrected chi connectivity index (χ2v) is 9.02. The summed E-state index contributed by atoms with van der Waals surface area (Å²) in [7, 11) is 0. The van der Waals surface area contributed by atoms with E-state index in [1.54, 1.807) is 4.90 Å². The molecule has 3 N–H and O–H groups in total. The molecule has 2 amide bonds. The van der Waals surface area contributed by atoms with E-state index in [1.807, 2.05) is 74.5 Å². The number of hydrogen-bond acceptors (Lipinski definition) is 5. The fourth-order valence-corrected chi connectivity index (χ4v) is 4.41. The molecule has 0 radical (unpaired) electrons. The number of amides is 2. The summed E-state index contributed by atoms with van der Waals surface area (Å²) in [6, 6.07) is 18.4. The summed E-state index contributed by atoms with van der Waals surface area (Å²) in [6.45, 7) is 4.26. The first-order valence-corrected chi connectivity index (χ1v) is 11.6. The summed E-state index contributed by atoms with van der Waals surface area (Å²) >= 11 is 0. The third-order valence-corrected chi connectivity index (χ3v) is 6.25. The molecule has 0 bridgehead atoms. The van der Waals surface area contributed by atoms with Crippen molar-refractivity contribution >= 4 is 23.3 Å². The second-order valence-electron chi connectivity index (χ2n) is 9.02. The van der Waals surface area contributed by atoms with Crippen LogP contribution in [0.25, 0.3) is 0 Å². The molecule has 1 fully saturated rings. The molecule has 35 heavy (non-hydrogen) atoms. The van der Waals surface area contributed by atoms with Crippen LogP contribution >= 0.6 is 0 Å². The van der Waals surface area contributed by atoms with E-state index in [0.717, 1.165) is 11.1 Å². The summed E-state index contributed by atoms with van der Waals surface area (Å²) in [6.07, 6.45) is 0.0593. The fraction of sp³-hybridized carbons (Fsp3) is 0.308. The average molecular weight is 476 g/mol. The first-order chi connectivity index (χ1) is 16.8. The molecule has 2 aromatic carbocycles. The number of likely N-dealkylation sites (tertiary alicyclic amines) is 1. The van der Waals surface area contributed by atoms with Crippen molar-refractivity contribution in [2.75, 3.05) is 17.2 Å². The first kappa shape index (κ1) is 24.0. The van der Waals surface area contributed by atoms with Gasteiger partial charge in [0.25, 0.3) is 5.56 Å². The molecule has 9 heteroatoms. The van der Waals surface area contributed by atoms with Crippen LogP contribution in [0, 0.1) is 5.92 Å². The number of nitrogens with one attached hydrogen (secondary N) is 1. The molecule has 0 saturated carbocycles. The lowest BCUT2D eigenvalue weighted by molar-refractivity contribution is -0.129. The van der Waals surface area contributed by atoms with Crippen molar-refractivity contribution in [3.8, 4) is 0 Å². The normalized spacial score (nSPS) is 15.6. The summed E-state index contributed by atoms with van der Waals surface area (Å²) < 4.78 is 1.25. The van der Waals surface area contributed by atoms with Crippen LogP contribution in [-0.4, -0.2) is 38.9 Å². The number of hydrogen-bond donors (Lipinski definition) is 2. The summed E-state index contributed by atoms with van der Waals surface area (Å²) in [5, 5.41) is 0. The maximum Gasteiger partial charge on any atom is 0.330 e. The lowest BCUT2D eigenvalue weighted by Crippen LogP contribution is -2.44. The van der Waals surface area contributed by atoms with Gasteiger partial charge in [0.15, 0.2) is 5.69 Å². The Hall–Kier alpha value is -4.14. The number of nitrogen functional groups attached to an aromatic ring is 1. The van der Waals surface area contributed by atoms with Crippen LogP contribution in [-0.2, 0) is 22.7 Å². The fourth-order valence-electron chi connectivity index (χ4n) is 4.41. The van der Waals surface area contributed by atoms with Crippen LogP contribution < -0.4 is 21.9 Å². The molecule has 3 aromatic rings.